The van der Waals surface area contributed by atoms with Gasteiger partial charge in [0.1, 0.15) is 0 Å². The van der Waals surface area contributed by atoms with Crippen LogP contribution >= 0.6 is 0 Å². The molecule has 0 amide bonds. The summed E-state index contributed by atoms with van der Waals surface area (Å²) in [7, 11) is 0. The predicted octanol–water partition coefficient (Wildman–Crippen LogP) is 13.2. The number of para-hydroxylation sites is 2. The van der Waals surface area contributed by atoms with Crippen LogP contribution in [0.4, 0.5) is 0 Å². The summed E-state index contributed by atoms with van der Waals surface area (Å²) in [5.74, 6) is 0. The van der Waals surface area contributed by atoms with Crippen LogP contribution in [-0.4, -0.2) is 30.5 Å². The van der Waals surface area contributed by atoms with E-state index >= 15 is 0 Å². The molecular formula is C54H45N2O2U-. The Morgan fingerprint density at radius 3 is 1.36 bits per heavy atom. The summed E-state index contributed by atoms with van der Waals surface area (Å²) in [5, 5.41) is 23.2. The Morgan fingerprint density at radius 2 is 0.797 bits per heavy atom. The Kier molecular flexibility index (Phi) is 11.0. The number of fused-ring (bicyclic) bond motifs is 6. The van der Waals surface area contributed by atoms with E-state index in [-0.39, 0.29) is 31.1 Å². The van der Waals surface area contributed by atoms with Crippen molar-refractivity contribution in [2.24, 2.45) is 0 Å². The molecule has 0 saturated heterocycles. The zero-order chi connectivity index (χ0) is 40.0. The summed E-state index contributed by atoms with van der Waals surface area (Å²) in [6.07, 6.45) is 0. The Balaban J connectivity index is 0.000000491. The van der Waals surface area contributed by atoms with E-state index in [0.717, 1.165) is 11.3 Å². The van der Waals surface area contributed by atoms with E-state index in [1.807, 2.05) is 12.1 Å². The van der Waals surface area contributed by atoms with Crippen molar-refractivity contribution in [2.75, 3.05) is 0 Å². The zero-order valence-corrected chi connectivity index (χ0v) is 37.9. The number of aliphatic hydroxyl groups is 2. The van der Waals surface area contributed by atoms with Gasteiger partial charge >= 0.3 is 0 Å². The van der Waals surface area contributed by atoms with Crippen molar-refractivity contribution >= 4 is 43.6 Å². The van der Waals surface area contributed by atoms with Gasteiger partial charge in [0.2, 0.25) is 0 Å². The third-order valence-electron chi connectivity index (χ3n) is 11.5. The van der Waals surface area contributed by atoms with Gasteiger partial charge in [-0.05, 0) is 117 Å². The van der Waals surface area contributed by atoms with Gasteiger partial charge in [-0.3, -0.25) is 0 Å². The van der Waals surface area contributed by atoms with Crippen LogP contribution in [0, 0.1) is 37.2 Å². The quantitative estimate of drug-likeness (QED) is 0.163. The van der Waals surface area contributed by atoms with E-state index in [0.29, 0.717) is 0 Å². The van der Waals surface area contributed by atoms with Gasteiger partial charge in [0.05, 0.1) is 33.3 Å². The summed E-state index contributed by atoms with van der Waals surface area (Å²) in [4.78, 5) is 0. The average Bonchev–Trinajstić information content (AvgIpc) is 3.76. The van der Waals surface area contributed by atoms with Gasteiger partial charge in [0.15, 0.2) is 0 Å². The van der Waals surface area contributed by atoms with Crippen molar-refractivity contribution in [1.82, 2.24) is 9.13 Å². The fourth-order valence-electron chi connectivity index (χ4n) is 7.70. The number of nitrogens with zero attached hydrogens (tertiary/aromatic N) is 2. The van der Waals surface area contributed by atoms with Gasteiger partial charge in [-0.2, -0.15) is 30.3 Å². The number of aromatic nitrogens is 2. The summed E-state index contributed by atoms with van der Waals surface area (Å²) in [6.45, 7) is 6.31. The van der Waals surface area contributed by atoms with Crippen molar-refractivity contribution in [3.63, 3.8) is 0 Å². The SMILES string of the molecule is CC(C)(O)C(C)(C)O.[U].[c-]1cccc(-c2cccc(-n3c4ccc(-c5ccccc5)cc4c4cc(-c5ccc6c(c5)c5ccccc5n6-c5ccccc5)ccc43)c2)c1. The molecule has 8 aromatic carbocycles. The average molecular weight is 992 g/mol. The molecule has 10 rings (SSSR count). The van der Waals surface area contributed by atoms with Crippen LogP contribution in [0.2, 0.25) is 0 Å². The summed E-state index contributed by atoms with van der Waals surface area (Å²) < 4.78 is 4.79. The molecule has 0 spiro atoms. The first-order valence-corrected chi connectivity index (χ1v) is 19.8. The van der Waals surface area contributed by atoms with E-state index in [9.17, 15) is 0 Å². The monoisotopic (exact) mass is 991 g/mol. The Hall–Kier alpha value is -5.67. The van der Waals surface area contributed by atoms with Crippen LogP contribution in [-0.2, 0) is 0 Å². The fourth-order valence-corrected chi connectivity index (χ4v) is 7.70. The van der Waals surface area contributed by atoms with Crippen LogP contribution < -0.4 is 0 Å². The predicted molar refractivity (Wildman–Crippen MR) is 243 cm³/mol. The topological polar surface area (TPSA) is 50.3 Å². The van der Waals surface area contributed by atoms with E-state index in [4.69, 9.17) is 10.2 Å². The molecule has 0 atom stereocenters. The van der Waals surface area contributed by atoms with Gasteiger partial charge in [-0.25, -0.2) is 0 Å². The number of benzene rings is 8. The van der Waals surface area contributed by atoms with Crippen LogP contribution in [0.5, 0.6) is 0 Å². The molecule has 5 heteroatoms. The molecule has 10 aromatic rings. The van der Waals surface area contributed by atoms with Crippen molar-refractivity contribution in [3.8, 4) is 44.8 Å². The third kappa shape index (κ3) is 7.69. The Labute approximate surface area is 369 Å². The molecule has 0 saturated carbocycles. The molecule has 0 aliphatic rings. The molecule has 0 fully saturated rings. The maximum Gasteiger partial charge on any atom is 0.0872 e. The van der Waals surface area contributed by atoms with Crippen LogP contribution in [0.3, 0.4) is 0 Å². The maximum absolute atomic E-state index is 9.10. The number of hydrogen-bond acceptors (Lipinski definition) is 2. The standard InChI is InChI=1S/C48H31N2.C6H14O2.U/c1-4-13-33(14-5-1)35-17-12-20-40(29-35)50-47-26-23-36(34-15-6-2-7-16-34)30-43(47)44-32-38(25-28-48(44)50)37-24-27-46-42(31-37)41-21-10-11-22-45(41)49(46)39-18-8-3-9-19-39;1-5(2,7)6(3,4)8;/h1-4,6-32H;7-8H,1-4H3;/q-1;;. The van der Waals surface area contributed by atoms with Crippen molar-refractivity contribution in [2.45, 2.75) is 38.9 Å². The van der Waals surface area contributed by atoms with Gasteiger partial charge in [-0.1, -0.05) is 103 Å². The largest absolute Gasteiger partial charge is 0.387 e. The molecule has 2 N–H and O–H groups in total. The maximum atomic E-state index is 9.10. The number of hydrogen-bond donors (Lipinski definition) is 2. The summed E-state index contributed by atoms with van der Waals surface area (Å²) >= 11 is 0. The van der Waals surface area contributed by atoms with E-state index < -0.39 is 11.2 Å². The van der Waals surface area contributed by atoms with E-state index in [2.05, 4.69) is 191 Å². The Bertz CT molecular complexity index is 3050. The zero-order valence-electron chi connectivity index (χ0n) is 33.7. The molecule has 4 nitrogen and oxygen atoms in total. The van der Waals surface area contributed by atoms with Crippen LogP contribution in [0.1, 0.15) is 27.7 Å². The summed E-state index contributed by atoms with van der Waals surface area (Å²) in [6, 6.07) is 71.1. The molecule has 2 aromatic heterocycles. The Morgan fingerprint density at radius 1 is 0.373 bits per heavy atom. The molecular weight excluding hydrogens is 947 g/mol. The minimum Gasteiger partial charge on any atom is -0.387 e. The first-order valence-electron chi connectivity index (χ1n) is 19.8. The van der Waals surface area contributed by atoms with Crippen molar-refractivity contribution in [1.29, 1.82) is 0 Å². The molecule has 0 unspecified atom stereocenters. The van der Waals surface area contributed by atoms with Crippen molar-refractivity contribution in [3.05, 3.63) is 194 Å². The van der Waals surface area contributed by atoms with Gasteiger partial charge < -0.3 is 19.3 Å². The second kappa shape index (κ2) is 16.2. The minimum absolute atomic E-state index is 0. The molecule has 288 valence electrons. The normalized spacial score (nSPS) is 11.8. The van der Waals surface area contributed by atoms with Gasteiger partial charge in [-0.15, -0.1) is 5.56 Å². The van der Waals surface area contributed by atoms with Gasteiger partial charge in [0.25, 0.3) is 0 Å². The second-order valence-electron chi connectivity index (χ2n) is 16.0. The molecule has 59 heavy (non-hydrogen) atoms. The summed E-state index contributed by atoms with van der Waals surface area (Å²) in [5.41, 5.74) is 12.3. The molecule has 0 bridgehead atoms. The van der Waals surface area contributed by atoms with Gasteiger partial charge in [0, 0.05) is 64.0 Å². The second-order valence-corrected chi connectivity index (χ2v) is 16.0. The van der Waals surface area contributed by atoms with E-state index in [1.165, 1.54) is 77.1 Å². The van der Waals surface area contributed by atoms with Crippen LogP contribution in [0.15, 0.2) is 188 Å². The fraction of sp³-hybridized carbons (Fsp3) is 0.111. The van der Waals surface area contributed by atoms with E-state index in [1.54, 1.807) is 27.7 Å². The third-order valence-corrected chi connectivity index (χ3v) is 11.5. The van der Waals surface area contributed by atoms with Crippen LogP contribution in [0.25, 0.3) is 88.4 Å². The molecule has 2 heterocycles. The smallest absolute Gasteiger partial charge is 0.0872 e. The molecule has 0 aliphatic carbocycles. The van der Waals surface area contributed by atoms with Crippen molar-refractivity contribution < 1.29 is 41.3 Å². The first kappa shape index (κ1) is 40.1. The number of rotatable bonds is 6. The molecule has 0 radical (unpaired) electrons. The molecule has 0 aliphatic heterocycles. The minimum atomic E-state index is -1.01. The first-order chi connectivity index (χ1) is 28.0.